The molecule has 0 spiro atoms. The summed E-state index contributed by atoms with van der Waals surface area (Å²) in [4.78, 5) is 21.4. The van der Waals surface area contributed by atoms with E-state index in [0.717, 1.165) is 29.1 Å². The number of para-hydroxylation sites is 2. The number of aromatic nitrogens is 2. The molecule has 0 unspecified atom stereocenters. The summed E-state index contributed by atoms with van der Waals surface area (Å²) in [5.41, 5.74) is 4.96. The first-order chi connectivity index (χ1) is 12.6. The van der Waals surface area contributed by atoms with E-state index in [1.54, 1.807) is 6.07 Å². The van der Waals surface area contributed by atoms with E-state index in [-0.39, 0.29) is 5.91 Å². The fourth-order valence-electron chi connectivity index (χ4n) is 2.71. The number of carbonyl (C=O) groups is 1. The van der Waals surface area contributed by atoms with Gasteiger partial charge in [-0.05, 0) is 49.6 Å². The van der Waals surface area contributed by atoms with Crippen molar-refractivity contribution in [1.29, 1.82) is 0 Å². The number of rotatable bonds is 5. The zero-order valence-electron chi connectivity index (χ0n) is 15.2. The minimum absolute atomic E-state index is 0.253. The standard InChI is InChI=1S/C21H22N4O/c1-4-16-10-6-8-12-18(16)24-21-22-15(3)13-19(25-21)20(26)23-17-11-7-5-9-14(17)2/h5-13H,4H2,1-3H3,(H,23,26)(H,22,24,25). The maximum absolute atomic E-state index is 12.6. The molecular formula is C21H22N4O. The average molecular weight is 346 g/mol. The van der Waals surface area contributed by atoms with Crippen LogP contribution in [0.1, 0.15) is 34.2 Å². The van der Waals surface area contributed by atoms with Crippen LogP contribution >= 0.6 is 0 Å². The Morgan fingerprint density at radius 1 is 0.962 bits per heavy atom. The Morgan fingerprint density at radius 2 is 1.65 bits per heavy atom. The van der Waals surface area contributed by atoms with Gasteiger partial charge in [0.25, 0.3) is 5.91 Å². The van der Waals surface area contributed by atoms with Crippen molar-refractivity contribution in [2.75, 3.05) is 10.6 Å². The zero-order chi connectivity index (χ0) is 18.5. The van der Waals surface area contributed by atoms with Gasteiger partial charge >= 0.3 is 0 Å². The van der Waals surface area contributed by atoms with Gasteiger partial charge in [-0.3, -0.25) is 4.79 Å². The van der Waals surface area contributed by atoms with Crippen LogP contribution in [-0.2, 0) is 6.42 Å². The maximum Gasteiger partial charge on any atom is 0.274 e. The number of nitrogens with zero attached hydrogens (tertiary/aromatic N) is 2. The number of nitrogens with one attached hydrogen (secondary N) is 2. The average Bonchev–Trinajstić information content (AvgIpc) is 2.63. The molecule has 0 bridgehead atoms. The molecule has 3 rings (SSSR count). The third kappa shape index (κ3) is 4.06. The fourth-order valence-corrected chi connectivity index (χ4v) is 2.71. The van der Waals surface area contributed by atoms with Gasteiger partial charge in [0, 0.05) is 17.1 Å². The van der Waals surface area contributed by atoms with Crippen LogP contribution in [-0.4, -0.2) is 15.9 Å². The third-order valence-electron chi connectivity index (χ3n) is 4.12. The molecule has 0 aliphatic heterocycles. The molecule has 26 heavy (non-hydrogen) atoms. The summed E-state index contributed by atoms with van der Waals surface area (Å²) < 4.78 is 0. The monoisotopic (exact) mass is 346 g/mol. The van der Waals surface area contributed by atoms with E-state index in [2.05, 4.69) is 33.6 Å². The highest BCUT2D eigenvalue weighted by molar-refractivity contribution is 6.03. The lowest BCUT2D eigenvalue weighted by molar-refractivity contribution is 0.102. The van der Waals surface area contributed by atoms with Gasteiger partial charge in [0.1, 0.15) is 5.69 Å². The molecule has 0 fully saturated rings. The van der Waals surface area contributed by atoms with Crippen molar-refractivity contribution in [2.24, 2.45) is 0 Å². The molecular weight excluding hydrogens is 324 g/mol. The van der Waals surface area contributed by atoms with E-state index in [1.165, 1.54) is 5.56 Å². The van der Waals surface area contributed by atoms with Crippen molar-refractivity contribution in [3.63, 3.8) is 0 Å². The molecule has 132 valence electrons. The Kier molecular flexibility index (Phi) is 5.27. The van der Waals surface area contributed by atoms with Crippen LogP contribution in [0.5, 0.6) is 0 Å². The quantitative estimate of drug-likeness (QED) is 0.705. The Labute approximate surface area is 153 Å². The SMILES string of the molecule is CCc1ccccc1Nc1nc(C)cc(C(=O)Nc2ccccc2C)n1. The molecule has 2 N–H and O–H groups in total. The molecule has 1 aromatic heterocycles. The van der Waals surface area contributed by atoms with Gasteiger partial charge in [-0.1, -0.05) is 43.3 Å². The first-order valence-electron chi connectivity index (χ1n) is 8.64. The summed E-state index contributed by atoms with van der Waals surface area (Å²) >= 11 is 0. The lowest BCUT2D eigenvalue weighted by Crippen LogP contribution is -2.16. The van der Waals surface area contributed by atoms with E-state index in [1.807, 2.05) is 56.3 Å². The Bertz CT molecular complexity index is 937. The summed E-state index contributed by atoms with van der Waals surface area (Å²) in [6, 6.07) is 17.3. The summed E-state index contributed by atoms with van der Waals surface area (Å²) in [6.07, 6.45) is 0.898. The predicted molar refractivity (Wildman–Crippen MR) is 105 cm³/mol. The van der Waals surface area contributed by atoms with Crippen LogP contribution in [0, 0.1) is 13.8 Å². The summed E-state index contributed by atoms with van der Waals surface area (Å²) in [5, 5.41) is 6.14. The largest absolute Gasteiger partial charge is 0.324 e. The van der Waals surface area contributed by atoms with Crippen molar-refractivity contribution in [2.45, 2.75) is 27.2 Å². The van der Waals surface area contributed by atoms with E-state index in [4.69, 9.17) is 0 Å². The van der Waals surface area contributed by atoms with Crippen LogP contribution in [0.25, 0.3) is 0 Å². The van der Waals surface area contributed by atoms with Gasteiger partial charge in [-0.15, -0.1) is 0 Å². The first kappa shape index (κ1) is 17.6. The second kappa shape index (κ2) is 7.78. The van der Waals surface area contributed by atoms with E-state index in [9.17, 15) is 4.79 Å². The summed E-state index contributed by atoms with van der Waals surface area (Å²) in [5.74, 6) is 0.164. The number of hydrogen-bond donors (Lipinski definition) is 2. The zero-order valence-corrected chi connectivity index (χ0v) is 15.2. The number of benzene rings is 2. The van der Waals surface area contributed by atoms with E-state index >= 15 is 0 Å². The van der Waals surface area contributed by atoms with Gasteiger partial charge in [-0.2, -0.15) is 0 Å². The Hall–Kier alpha value is -3.21. The molecule has 0 saturated heterocycles. The number of amides is 1. The minimum Gasteiger partial charge on any atom is -0.324 e. The highest BCUT2D eigenvalue weighted by Crippen LogP contribution is 2.20. The van der Waals surface area contributed by atoms with Gasteiger partial charge in [0.05, 0.1) is 0 Å². The first-order valence-corrected chi connectivity index (χ1v) is 8.64. The van der Waals surface area contributed by atoms with Crippen molar-refractivity contribution >= 4 is 23.2 Å². The van der Waals surface area contributed by atoms with Crippen LogP contribution in [0.15, 0.2) is 54.6 Å². The van der Waals surface area contributed by atoms with E-state index in [0.29, 0.717) is 11.6 Å². The molecule has 0 saturated carbocycles. The molecule has 0 radical (unpaired) electrons. The van der Waals surface area contributed by atoms with Crippen molar-refractivity contribution in [3.05, 3.63) is 77.1 Å². The molecule has 1 heterocycles. The van der Waals surface area contributed by atoms with Crippen LogP contribution in [0.2, 0.25) is 0 Å². The van der Waals surface area contributed by atoms with Gasteiger partial charge in [0.2, 0.25) is 5.95 Å². The fraction of sp³-hybridized carbons (Fsp3) is 0.190. The molecule has 2 aromatic carbocycles. The van der Waals surface area contributed by atoms with Crippen LogP contribution < -0.4 is 10.6 Å². The van der Waals surface area contributed by atoms with Gasteiger partial charge < -0.3 is 10.6 Å². The van der Waals surface area contributed by atoms with Gasteiger partial charge in [-0.25, -0.2) is 9.97 Å². The van der Waals surface area contributed by atoms with Crippen molar-refractivity contribution in [1.82, 2.24) is 9.97 Å². The number of anilines is 3. The molecule has 5 heteroatoms. The van der Waals surface area contributed by atoms with E-state index < -0.39 is 0 Å². The molecule has 0 aliphatic carbocycles. The highest BCUT2D eigenvalue weighted by atomic mass is 16.1. The van der Waals surface area contributed by atoms with Crippen LogP contribution in [0.4, 0.5) is 17.3 Å². The molecule has 0 aliphatic rings. The smallest absolute Gasteiger partial charge is 0.274 e. The predicted octanol–water partition coefficient (Wildman–Crippen LogP) is 4.65. The Balaban J connectivity index is 1.85. The lowest BCUT2D eigenvalue weighted by Gasteiger charge is -2.12. The number of carbonyl (C=O) groups excluding carboxylic acids is 1. The Morgan fingerprint density at radius 3 is 2.38 bits per heavy atom. The second-order valence-corrected chi connectivity index (χ2v) is 6.12. The third-order valence-corrected chi connectivity index (χ3v) is 4.12. The van der Waals surface area contributed by atoms with Crippen LogP contribution in [0.3, 0.4) is 0 Å². The van der Waals surface area contributed by atoms with Gasteiger partial charge in [0.15, 0.2) is 0 Å². The molecule has 5 nitrogen and oxygen atoms in total. The summed E-state index contributed by atoms with van der Waals surface area (Å²) in [6.45, 7) is 5.90. The van der Waals surface area contributed by atoms with Crippen molar-refractivity contribution < 1.29 is 4.79 Å². The minimum atomic E-state index is -0.253. The second-order valence-electron chi connectivity index (χ2n) is 6.12. The molecule has 1 amide bonds. The topological polar surface area (TPSA) is 66.9 Å². The number of hydrogen-bond acceptors (Lipinski definition) is 4. The van der Waals surface area contributed by atoms with Crippen molar-refractivity contribution in [3.8, 4) is 0 Å². The summed E-state index contributed by atoms with van der Waals surface area (Å²) in [7, 11) is 0. The lowest BCUT2D eigenvalue weighted by atomic mass is 10.1. The highest BCUT2D eigenvalue weighted by Gasteiger charge is 2.12. The molecule has 3 aromatic rings. The molecule has 0 atom stereocenters. The number of aryl methyl sites for hydroxylation is 3. The normalized spacial score (nSPS) is 10.4. The maximum atomic E-state index is 12.6.